The second-order valence-electron chi connectivity index (χ2n) is 6.25. The Morgan fingerprint density at radius 3 is 2.32 bits per heavy atom. The summed E-state index contributed by atoms with van der Waals surface area (Å²) in [6.07, 6.45) is 7.72. The fourth-order valence-corrected chi connectivity index (χ4v) is 2.80. The average molecular weight is 309 g/mol. The Morgan fingerprint density at radius 2 is 1.73 bits per heavy atom. The minimum atomic E-state index is 0.0443. The first-order chi connectivity index (χ1) is 10.4. The minimum Gasteiger partial charge on any atom is -0.192 e. The monoisotopic (exact) mass is 308 g/mol. The molecule has 1 aromatic rings. The van der Waals surface area contributed by atoms with Crippen molar-refractivity contribution in [3.05, 3.63) is 63.7 Å². The van der Waals surface area contributed by atoms with Crippen LogP contribution in [0.5, 0.6) is 0 Å². The third kappa shape index (κ3) is 4.10. The van der Waals surface area contributed by atoms with Crippen molar-refractivity contribution in [2.24, 2.45) is 5.41 Å². The molecule has 2 nitrogen and oxygen atoms in total. The molecule has 0 aromatic heterocycles. The molecule has 3 heteroatoms. The Balaban J connectivity index is 2.33. The molecule has 0 saturated carbocycles. The SMILES string of the molecule is CC1(C)CC(/C=C/c2ccc(Cl)cc2)=CC(=C(C#N)C#N)C1. The number of rotatable bonds is 2. The van der Waals surface area contributed by atoms with Crippen molar-refractivity contribution < 1.29 is 0 Å². The lowest BCUT2D eigenvalue weighted by atomic mass is 9.74. The Morgan fingerprint density at radius 1 is 1.09 bits per heavy atom. The first kappa shape index (κ1) is 16.1. The van der Waals surface area contributed by atoms with E-state index in [9.17, 15) is 0 Å². The Hall–Kier alpha value is -2.29. The number of benzene rings is 1. The van der Waals surface area contributed by atoms with Gasteiger partial charge < -0.3 is 0 Å². The highest BCUT2D eigenvalue weighted by molar-refractivity contribution is 6.30. The normalized spacial score (nSPS) is 16.8. The predicted molar refractivity (Wildman–Crippen MR) is 89.8 cm³/mol. The van der Waals surface area contributed by atoms with Crippen LogP contribution in [0.2, 0.25) is 5.02 Å². The molecule has 0 atom stereocenters. The van der Waals surface area contributed by atoms with Crippen molar-refractivity contribution >= 4 is 17.7 Å². The highest BCUT2D eigenvalue weighted by Crippen LogP contribution is 2.39. The van der Waals surface area contributed by atoms with Crippen LogP contribution in [-0.2, 0) is 0 Å². The Kier molecular flexibility index (Phi) is 4.86. The topological polar surface area (TPSA) is 47.6 Å². The van der Waals surface area contributed by atoms with Crippen molar-refractivity contribution in [1.82, 2.24) is 0 Å². The summed E-state index contributed by atoms with van der Waals surface area (Å²) in [6.45, 7) is 4.31. The second kappa shape index (κ2) is 6.65. The molecule has 22 heavy (non-hydrogen) atoms. The van der Waals surface area contributed by atoms with E-state index < -0.39 is 0 Å². The molecule has 0 fully saturated rings. The maximum atomic E-state index is 9.08. The molecule has 0 unspecified atom stereocenters. The van der Waals surface area contributed by atoms with Gasteiger partial charge in [-0.15, -0.1) is 0 Å². The van der Waals surface area contributed by atoms with Gasteiger partial charge in [-0.3, -0.25) is 0 Å². The summed E-state index contributed by atoms with van der Waals surface area (Å²) >= 11 is 5.88. The number of allylic oxidation sites excluding steroid dienone is 5. The van der Waals surface area contributed by atoms with Crippen LogP contribution in [0.1, 0.15) is 32.3 Å². The van der Waals surface area contributed by atoms with Gasteiger partial charge in [0.1, 0.15) is 17.7 Å². The summed E-state index contributed by atoms with van der Waals surface area (Å²) in [5, 5.41) is 18.9. The highest BCUT2D eigenvalue weighted by atomic mass is 35.5. The van der Waals surface area contributed by atoms with E-state index in [1.165, 1.54) is 0 Å². The fraction of sp³-hybridized carbons (Fsp3) is 0.263. The van der Waals surface area contributed by atoms with E-state index in [0.717, 1.165) is 29.6 Å². The molecular weight excluding hydrogens is 292 g/mol. The van der Waals surface area contributed by atoms with Crippen LogP contribution in [0.25, 0.3) is 6.08 Å². The van der Waals surface area contributed by atoms with Gasteiger partial charge in [0.05, 0.1) is 0 Å². The molecule has 0 spiro atoms. The number of hydrogen-bond acceptors (Lipinski definition) is 2. The molecule has 0 saturated heterocycles. The van der Waals surface area contributed by atoms with Crippen LogP contribution in [0.15, 0.2) is 53.1 Å². The quantitative estimate of drug-likeness (QED) is 0.683. The number of nitriles is 2. The molecule has 2 rings (SSSR count). The van der Waals surface area contributed by atoms with E-state index >= 15 is 0 Å². The number of nitrogens with zero attached hydrogens (tertiary/aromatic N) is 2. The summed E-state index contributed by atoms with van der Waals surface area (Å²) in [4.78, 5) is 0. The maximum absolute atomic E-state index is 9.08. The van der Waals surface area contributed by atoms with Crippen LogP contribution in [0.4, 0.5) is 0 Å². The third-order valence-electron chi connectivity index (χ3n) is 3.62. The Bertz CT molecular complexity index is 719. The molecule has 0 heterocycles. The number of halogens is 1. The summed E-state index contributed by atoms with van der Waals surface area (Å²) in [5.41, 5.74) is 3.29. The zero-order valence-corrected chi connectivity index (χ0v) is 13.5. The van der Waals surface area contributed by atoms with E-state index in [4.69, 9.17) is 22.1 Å². The van der Waals surface area contributed by atoms with Crippen molar-refractivity contribution in [2.45, 2.75) is 26.7 Å². The summed E-state index contributed by atoms with van der Waals surface area (Å²) in [7, 11) is 0. The first-order valence-corrected chi connectivity index (χ1v) is 7.49. The molecule has 110 valence electrons. The lowest BCUT2D eigenvalue weighted by Gasteiger charge is -2.30. The van der Waals surface area contributed by atoms with E-state index in [1.807, 2.05) is 48.6 Å². The zero-order valence-electron chi connectivity index (χ0n) is 12.7. The second-order valence-corrected chi connectivity index (χ2v) is 6.68. The van der Waals surface area contributed by atoms with Gasteiger partial charge in [0, 0.05) is 5.02 Å². The third-order valence-corrected chi connectivity index (χ3v) is 3.87. The van der Waals surface area contributed by atoms with E-state index in [0.29, 0.717) is 5.02 Å². The van der Waals surface area contributed by atoms with Crippen LogP contribution < -0.4 is 0 Å². The standard InChI is InChI=1S/C19H17ClN2/c1-19(2)10-15(9-16(11-19)17(12-21)13-22)4-3-14-5-7-18(20)8-6-14/h3-9H,10-11H2,1-2H3/b4-3+. The zero-order chi connectivity index (χ0) is 16.2. The molecule has 0 amide bonds. The predicted octanol–water partition coefficient (Wildman–Crippen LogP) is 5.44. The maximum Gasteiger partial charge on any atom is 0.132 e. The lowest BCUT2D eigenvalue weighted by Crippen LogP contribution is -2.17. The minimum absolute atomic E-state index is 0.0443. The smallest absolute Gasteiger partial charge is 0.132 e. The highest BCUT2D eigenvalue weighted by Gasteiger charge is 2.26. The first-order valence-electron chi connectivity index (χ1n) is 7.11. The van der Waals surface area contributed by atoms with Crippen molar-refractivity contribution in [3.63, 3.8) is 0 Å². The molecule has 1 aromatic carbocycles. The van der Waals surface area contributed by atoms with Crippen LogP contribution >= 0.6 is 11.6 Å². The van der Waals surface area contributed by atoms with Gasteiger partial charge >= 0.3 is 0 Å². The lowest BCUT2D eigenvalue weighted by molar-refractivity contribution is 0.354. The van der Waals surface area contributed by atoms with Gasteiger partial charge in [0.25, 0.3) is 0 Å². The summed E-state index contributed by atoms with van der Waals surface area (Å²) in [6, 6.07) is 11.6. The average Bonchev–Trinajstić information content (AvgIpc) is 2.46. The van der Waals surface area contributed by atoms with Gasteiger partial charge in [-0.2, -0.15) is 10.5 Å². The fourth-order valence-electron chi connectivity index (χ4n) is 2.67. The molecule has 0 aliphatic heterocycles. The molecule has 1 aliphatic carbocycles. The molecule has 0 radical (unpaired) electrons. The molecular formula is C19H17ClN2. The van der Waals surface area contributed by atoms with Crippen LogP contribution in [0, 0.1) is 28.1 Å². The molecule has 0 N–H and O–H groups in total. The summed E-state index contributed by atoms with van der Waals surface area (Å²) in [5.74, 6) is 0. The molecule has 0 bridgehead atoms. The number of hydrogen-bond donors (Lipinski definition) is 0. The van der Waals surface area contributed by atoms with Gasteiger partial charge in [-0.25, -0.2) is 0 Å². The van der Waals surface area contributed by atoms with Crippen molar-refractivity contribution in [1.29, 1.82) is 10.5 Å². The molecule has 1 aliphatic rings. The summed E-state index contributed by atoms with van der Waals surface area (Å²) < 4.78 is 0. The Labute approximate surface area is 136 Å². The van der Waals surface area contributed by atoms with Gasteiger partial charge in [0.15, 0.2) is 0 Å². The van der Waals surface area contributed by atoms with Crippen molar-refractivity contribution in [2.75, 3.05) is 0 Å². The van der Waals surface area contributed by atoms with E-state index in [-0.39, 0.29) is 11.0 Å². The van der Waals surface area contributed by atoms with Crippen molar-refractivity contribution in [3.8, 4) is 12.1 Å². The van der Waals surface area contributed by atoms with Gasteiger partial charge in [0.2, 0.25) is 0 Å². The van der Waals surface area contributed by atoms with E-state index in [2.05, 4.69) is 19.9 Å². The van der Waals surface area contributed by atoms with Gasteiger partial charge in [-0.05, 0) is 47.1 Å². The van der Waals surface area contributed by atoms with Crippen LogP contribution in [-0.4, -0.2) is 0 Å². The largest absolute Gasteiger partial charge is 0.192 e. The van der Waals surface area contributed by atoms with Crippen LogP contribution in [0.3, 0.4) is 0 Å². The van der Waals surface area contributed by atoms with Gasteiger partial charge in [-0.1, -0.05) is 55.8 Å². The van der Waals surface area contributed by atoms with E-state index in [1.54, 1.807) is 0 Å².